The van der Waals surface area contributed by atoms with E-state index in [1.54, 1.807) is 0 Å². The molecule has 0 spiro atoms. The van der Waals surface area contributed by atoms with E-state index in [0.29, 0.717) is 16.5 Å². The number of aromatic carboxylic acids is 1. The van der Waals surface area contributed by atoms with Crippen LogP contribution in [0.4, 0.5) is 4.39 Å². The molecule has 19 heavy (non-hydrogen) atoms. The minimum absolute atomic E-state index is 0.0598. The van der Waals surface area contributed by atoms with E-state index in [0.717, 1.165) is 17.5 Å². The molecule has 0 amide bonds. The van der Waals surface area contributed by atoms with Crippen molar-refractivity contribution in [3.63, 3.8) is 0 Å². The molecule has 0 unspecified atom stereocenters. The topological polar surface area (TPSA) is 63.3 Å². The van der Waals surface area contributed by atoms with Gasteiger partial charge in [0.2, 0.25) is 0 Å². The summed E-state index contributed by atoms with van der Waals surface area (Å²) in [6.07, 6.45) is 0. The minimum Gasteiger partial charge on any atom is -0.478 e. The average Bonchev–Trinajstić information content (AvgIpc) is 2.65. The Morgan fingerprint density at radius 1 is 1.42 bits per heavy atom. The maximum Gasteiger partial charge on any atom is 0.335 e. The third-order valence-corrected chi connectivity index (χ3v) is 3.47. The fourth-order valence-electron chi connectivity index (χ4n) is 1.51. The number of rotatable bonds is 4. The summed E-state index contributed by atoms with van der Waals surface area (Å²) in [5.74, 6) is -0.561. The van der Waals surface area contributed by atoms with Gasteiger partial charge in [-0.15, -0.1) is 0 Å². The number of carboxylic acids is 1. The lowest BCUT2D eigenvalue weighted by atomic mass is 10.1. The van der Waals surface area contributed by atoms with Crippen LogP contribution in [0.2, 0.25) is 0 Å². The number of hydrogen-bond acceptors (Lipinski definition) is 4. The van der Waals surface area contributed by atoms with Crippen LogP contribution in [0.3, 0.4) is 0 Å². The SMILES string of the molecule is Cc1nc(SCc2cc(F)cc(C(=O)O)c2)oc1C. The first-order valence-corrected chi connectivity index (χ1v) is 6.54. The Balaban J connectivity index is 2.13. The van der Waals surface area contributed by atoms with Gasteiger partial charge in [0.15, 0.2) is 0 Å². The van der Waals surface area contributed by atoms with E-state index in [1.807, 2.05) is 13.8 Å². The van der Waals surface area contributed by atoms with Crippen molar-refractivity contribution in [3.8, 4) is 0 Å². The zero-order valence-electron chi connectivity index (χ0n) is 10.4. The molecule has 0 atom stereocenters. The summed E-state index contributed by atoms with van der Waals surface area (Å²) in [4.78, 5) is 15.0. The van der Waals surface area contributed by atoms with Gasteiger partial charge < -0.3 is 9.52 Å². The maximum absolute atomic E-state index is 13.3. The Hall–Kier alpha value is -1.82. The Morgan fingerprint density at radius 2 is 2.16 bits per heavy atom. The number of thioether (sulfide) groups is 1. The van der Waals surface area contributed by atoms with E-state index < -0.39 is 11.8 Å². The molecule has 0 radical (unpaired) electrons. The number of aromatic nitrogens is 1. The van der Waals surface area contributed by atoms with Crippen molar-refractivity contribution in [2.75, 3.05) is 0 Å². The van der Waals surface area contributed by atoms with Crippen LogP contribution < -0.4 is 0 Å². The van der Waals surface area contributed by atoms with Gasteiger partial charge in [0.25, 0.3) is 5.22 Å². The fourth-order valence-corrected chi connectivity index (χ4v) is 2.35. The summed E-state index contributed by atoms with van der Waals surface area (Å²) < 4.78 is 18.7. The number of carboxylic acid groups (broad SMARTS) is 1. The predicted octanol–water partition coefficient (Wildman–Crippen LogP) is 3.42. The Bertz CT molecular complexity index is 605. The van der Waals surface area contributed by atoms with E-state index >= 15 is 0 Å². The minimum atomic E-state index is -1.14. The lowest BCUT2D eigenvalue weighted by molar-refractivity contribution is 0.0696. The van der Waals surface area contributed by atoms with Crippen molar-refractivity contribution in [1.29, 1.82) is 0 Å². The number of benzene rings is 1. The van der Waals surface area contributed by atoms with E-state index in [-0.39, 0.29) is 5.56 Å². The van der Waals surface area contributed by atoms with Crippen LogP contribution in [0.5, 0.6) is 0 Å². The number of nitrogens with zero attached hydrogens (tertiary/aromatic N) is 1. The molecule has 0 aliphatic rings. The summed E-state index contributed by atoms with van der Waals surface area (Å²) >= 11 is 1.30. The third kappa shape index (κ3) is 3.35. The van der Waals surface area contributed by atoms with Crippen molar-refractivity contribution in [2.24, 2.45) is 0 Å². The molecule has 2 rings (SSSR count). The number of halogens is 1. The van der Waals surface area contributed by atoms with Crippen LogP contribution in [0.1, 0.15) is 27.4 Å². The zero-order valence-corrected chi connectivity index (χ0v) is 11.3. The van der Waals surface area contributed by atoms with Crippen LogP contribution in [0.15, 0.2) is 27.8 Å². The Kier molecular flexibility index (Phi) is 3.90. The lowest BCUT2D eigenvalue weighted by Crippen LogP contribution is -1.98. The van der Waals surface area contributed by atoms with E-state index in [4.69, 9.17) is 9.52 Å². The van der Waals surface area contributed by atoms with Gasteiger partial charge in [-0.25, -0.2) is 14.2 Å². The average molecular weight is 281 g/mol. The molecule has 1 heterocycles. The van der Waals surface area contributed by atoms with Gasteiger partial charge in [-0.1, -0.05) is 11.8 Å². The number of oxazole rings is 1. The van der Waals surface area contributed by atoms with Crippen molar-refractivity contribution in [2.45, 2.75) is 24.8 Å². The highest BCUT2D eigenvalue weighted by Crippen LogP contribution is 2.24. The Morgan fingerprint density at radius 3 is 2.74 bits per heavy atom. The number of aryl methyl sites for hydroxylation is 2. The van der Waals surface area contributed by atoms with Gasteiger partial charge in [0.1, 0.15) is 11.6 Å². The first-order valence-electron chi connectivity index (χ1n) is 5.55. The summed E-state index contributed by atoms with van der Waals surface area (Å²) in [6, 6.07) is 3.75. The fraction of sp³-hybridized carbons (Fsp3) is 0.231. The number of carbonyl (C=O) groups is 1. The quantitative estimate of drug-likeness (QED) is 0.870. The monoisotopic (exact) mass is 281 g/mol. The summed E-state index contributed by atoms with van der Waals surface area (Å²) in [5.41, 5.74) is 1.33. The molecule has 1 aromatic heterocycles. The van der Waals surface area contributed by atoms with Crippen LogP contribution in [-0.4, -0.2) is 16.1 Å². The molecule has 0 aliphatic heterocycles. The van der Waals surface area contributed by atoms with Gasteiger partial charge in [-0.3, -0.25) is 0 Å². The van der Waals surface area contributed by atoms with Crippen molar-refractivity contribution < 1.29 is 18.7 Å². The van der Waals surface area contributed by atoms with Crippen LogP contribution in [0, 0.1) is 19.7 Å². The first kappa shape index (κ1) is 13.6. The van der Waals surface area contributed by atoms with E-state index in [1.165, 1.54) is 23.9 Å². The second-order valence-electron chi connectivity index (χ2n) is 4.06. The standard InChI is InChI=1S/C13H12FNO3S/c1-7-8(2)18-13(15-7)19-6-9-3-10(12(16)17)5-11(14)4-9/h3-5H,6H2,1-2H3,(H,16,17). The van der Waals surface area contributed by atoms with Crippen molar-refractivity contribution >= 4 is 17.7 Å². The third-order valence-electron chi connectivity index (χ3n) is 2.58. The molecular formula is C13H12FNO3S. The predicted molar refractivity (Wildman–Crippen MR) is 68.9 cm³/mol. The smallest absolute Gasteiger partial charge is 0.335 e. The largest absolute Gasteiger partial charge is 0.478 e. The first-order chi connectivity index (χ1) is 8.95. The van der Waals surface area contributed by atoms with Gasteiger partial charge in [-0.2, -0.15) is 0 Å². The van der Waals surface area contributed by atoms with Gasteiger partial charge in [-0.05, 0) is 37.6 Å². The highest BCUT2D eigenvalue weighted by Gasteiger charge is 2.10. The molecule has 6 heteroatoms. The van der Waals surface area contributed by atoms with Crippen molar-refractivity contribution in [1.82, 2.24) is 4.98 Å². The zero-order chi connectivity index (χ0) is 14.0. The van der Waals surface area contributed by atoms with Gasteiger partial charge >= 0.3 is 5.97 Å². The molecule has 0 saturated heterocycles. The summed E-state index contributed by atoms with van der Waals surface area (Å²) in [7, 11) is 0. The molecule has 1 aromatic carbocycles. The van der Waals surface area contributed by atoms with Crippen molar-refractivity contribution in [3.05, 3.63) is 46.6 Å². The number of hydrogen-bond donors (Lipinski definition) is 1. The molecule has 0 bridgehead atoms. The second-order valence-corrected chi connectivity index (χ2v) is 4.99. The molecule has 0 aliphatic carbocycles. The van der Waals surface area contributed by atoms with E-state index in [9.17, 15) is 9.18 Å². The highest BCUT2D eigenvalue weighted by atomic mass is 32.2. The van der Waals surface area contributed by atoms with Crippen LogP contribution in [-0.2, 0) is 5.75 Å². The lowest BCUT2D eigenvalue weighted by Gasteiger charge is -2.01. The Labute approximate surface area is 113 Å². The molecule has 100 valence electrons. The van der Waals surface area contributed by atoms with Gasteiger partial charge in [0, 0.05) is 5.75 Å². The van der Waals surface area contributed by atoms with Crippen LogP contribution >= 0.6 is 11.8 Å². The molecule has 0 saturated carbocycles. The maximum atomic E-state index is 13.3. The molecule has 0 fully saturated rings. The summed E-state index contributed by atoms with van der Waals surface area (Å²) in [5, 5.41) is 9.35. The molecule has 4 nitrogen and oxygen atoms in total. The second kappa shape index (κ2) is 5.44. The summed E-state index contributed by atoms with van der Waals surface area (Å²) in [6.45, 7) is 3.66. The van der Waals surface area contributed by atoms with Crippen LogP contribution in [0.25, 0.3) is 0 Å². The normalized spacial score (nSPS) is 10.7. The molecular weight excluding hydrogens is 269 g/mol. The van der Waals surface area contributed by atoms with Gasteiger partial charge in [0.05, 0.1) is 11.3 Å². The highest BCUT2D eigenvalue weighted by molar-refractivity contribution is 7.98. The molecule has 1 N–H and O–H groups in total. The van der Waals surface area contributed by atoms with E-state index in [2.05, 4.69) is 4.98 Å². The molecule has 2 aromatic rings.